The lowest BCUT2D eigenvalue weighted by Gasteiger charge is -2.09. The summed E-state index contributed by atoms with van der Waals surface area (Å²) in [6, 6.07) is 3.83. The summed E-state index contributed by atoms with van der Waals surface area (Å²) in [6.45, 7) is 0.157. The number of carbonyl (C=O) groups is 2. The molecule has 1 heterocycles. The molecule has 2 aromatic rings. The number of thioether (sulfide) groups is 1. The van der Waals surface area contributed by atoms with E-state index in [1.54, 1.807) is 6.26 Å². The lowest BCUT2D eigenvalue weighted by Crippen LogP contribution is -2.35. The molecule has 1 aromatic heterocycles. The zero-order chi connectivity index (χ0) is 20.0. The first kappa shape index (κ1) is 21.0. The van der Waals surface area contributed by atoms with Gasteiger partial charge in [-0.2, -0.15) is 13.2 Å². The highest BCUT2D eigenvalue weighted by molar-refractivity contribution is 7.98. The van der Waals surface area contributed by atoms with E-state index in [4.69, 9.17) is 11.6 Å². The molecule has 0 saturated carbocycles. The molecule has 0 atom stereocenters. The van der Waals surface area contributed by atoms with Crippen LogP contribution < -0.4 is 10.6 Å². The maximum absolute atomic E-state index is 12.5. The average molecular weight is 419 g/mol. The molecule has 0 spiro atoms. The number of hydrogen-bond acceptors (Lipinski definition) is 5. The maximum Gasteiger partial charge on any atom is 0.416 e. The molecular formula is C16H14ClF3N4O2S. The predicted octanol–water partition coefficient (Wildman–Crippen LogP) is 3.03. The first-order chi connectivity index (χ1) is 12.7. The molecule has 6 nitrogen and oxygen atoms in total. The van der Waals surface area contributed by atoms with Crippen LogP contribution in [0.15, 0.2) is 35.6 Å². The third kappa shape index (κ3) is 5.83. The Morgan fingerprint density at radius 3 is 2.26 bits per heavy atom. The van der Waals surface area contributed by atoms with E-state index in [0.717, 1.165) is 24.3 Å². The van der Waals surface area contributed by atoms with Crippen molar-refractivity contribution in [2.24, 2.45) is 0 Å². The van der Waals surface area contributed by atoms with Crippen LogP contribution in [0.4, 0.5) is 13.2 Å². The van der Waals surface area contributed by atoms with Gasteiger partial charge in [-0.05, 0) is 30.5 Å². The summed E-state index contributed by atoms with van der Waals surface area (Å²) in [5.74, 6) is -1.08. The first-order valence-electron chi connectivity index (χ1n) is 7.52. The van der Waals surface area contributed by atoms with Crippen LogP contribution in [0.25, 0.3) is 0 Å². The van der Waals surface area contributed by atoms with Gasteiger partial charge < -0.3 is 10.6 Å². The van der Waals surface area contributed by atoms with Gasteiger partial charge in [-0.1, -0.05) is 23.4 Å². The van der Waals surface area contributed by atoms with Gasteiger partial charge in [-0.15, -0.1) is 0 Å². The summed E-state index contributed by atoms with van der Waals surface area (Å²) in [4.78, 5) is 31.9. The van der Waals surface area contributed by atoms with E-state index in [-0.39, 0.29) is 29.4 Å². The Balaban J connectivity index is 1.84. The smallest absolute Gasteiger partial charge is 0.350 e. The quantitative estimate of drug-likeness (QED) is 0.428. The Bertz CT molecular complexity index is 831. The minimum absolute atomic E-state index is 0.0186. The van der Waals surface area contributed by atoms with E-state index in [1.807, 2.05) is 0 Å². The molecular weight excluding hydrogens is 405 g/mol. The number of aromatic nitrogens is 2. The van der Waals surface area contributed by atoms with Crippen LogP contribution in [0.5, 0.6) is 0 Å². The predicted molar refractivity (Wildman–Crippen MR) is 94.9 cm³/mol. The van der Waals surface area contributed by atoms with Crippen LogP contribution >= 0.6 is 23.4 Å². The molecule has 0 aliphatic carbocycles. The summed E-state index contributed by atoms with van der Waals surface area (Å²) in [7, 11) is 0. The van der Waals surface area contributed by atoms with Crippen molar-refractivity contribution in [3.63, 3.8) is 0 Å². The average Bonchev–Trinajstić information content (AvgIpc) is 2.64. The number of carbonyl (C=O) groups excluding carboxylic acids is 2. The Morgan fingerprint density at radius 2 is 1.70 bits per heavy atom. The number of halogens is 4. The fourth-order valence-corrected chi connectivity index (χ4v) is 2.47. The van der Waals surface area contributed by atoms with Gasteiger partial charge in [-0.25, -0.2) is 9.97 Å². The zero-order valence-corrected chi connectivity index (χ0v) is 15.5. The summed E-state index contributed by atoms with van der Waals surface area (Å²) < 4.78 is 37.5. The standard InChI is InChI=1S/C16H14ClF3N4O2S/c1-27-15-23-8-11(17)12(24-15)14(26)22-7-6-21-13(25)9-2-4-10(5-3-9)16(18,19)20/h2-5,8H,6-7H2,1H3,(H,21,25)(H,22,26). The van der Waals surface area contributed by atoms with Crippen molar-refractivity contribution >= 4 is 35.2 Å². The SMILES string of the molecule is CSc1ncc(Cl)c(C(=O)NCCNC(=O)c2ccc(C(F)(F)F)cc2)n1. The van der Waals surface area contributed by atoms with Crippen molar-refractivity contribution in [3.05, 3.63) is 52.3 Å². The molecule has 11 heteroatoms. The lowest BCUT2D eigenvalue weighted by molar-refractivity contribution is -0.137. The Labute approximate surface area is 161 Å². The van der Waals surface area contributed by atoms with Crippen molar-refractivity contribution in [1.82, 2.24) is 20.6 Å². The van der Waals surface area contributed by atoms with Crippen molar-refractivity contribution in [3.8, 4) is 0 Å². The highest BCUT2D eigenvalue weighted by Crippen LogP contribution is 2.29. The molecule has 27 heavy (non-hydrogen) atoms. The molecule has 0 fully saturated rings. The van der Waals surface area contributed by atoms with Crippen LogP contribution in [0.1, 0.15) is 26.4 Å². The van der Waals surface area contributed by atoms with Crippen molar-refractivity contribution in [2.45, 2.75) is 11.3 Å². The fourth-order valence-electron chi connectivity index (χ4n) is 1.96. The van der Waals surface area contributed by atoms with Crippen LogP contribution in [0, 0.1) is 0 Å². The van der Waals surface area contributed by atoms with Crippen LogP contribution in [0.2, 0.25) is 5.02 Å². The number of benzene rings is 1. The fraction of sp³-hybridized carbons (Fsp3) is 0.250. The van der Waals surface area contributed by atoms with Gasteiger partial charge in [0.25, 0.3) is 11.8 Å². The number of nitrogens with one attached hydrogen (secondary N) is 2. The summed E-state index contributed by atoms with van der Waals surface area (Å²) >= 11 is 7.14. The van der Waals surface area contributed by atoms with Gasteiger partial charge in [0.05, 0.1) is 16.8 Å². The first-order valence-corrected chi connectivity index (χ1v) is 9.13. The molecule has 2 rings (SSSR count). The number of alkyl halides is 3. The topological polar surface area (TPSA) is 84.0 Å². The Hall–Kier alpha value is -2.33. The second kappa shape index (κ2) is 9.05. The third-order valence-electron chi connectivity index (χ3n) is 3.29. The van der Waals surface area contributed by atoms with E-state index < -0.39 is 23.6 Å². The van der Waals surface area contributed by atoms with Gasteiger partial charge >= 0.3 is 6.18 Å². The number of hydrogen-bond donors (Lipinski definition) is 2. The molecule has 2 amide bonds. The van der Waals surface area contributed by atoms with E-state index >= 15 is 0 Å². The minimum Gasteiger partial charge on any atom is -0.350 e. The van der Waals surface area contributed by atoms with Gasteiger partial charge in [0.15, 0.2) is 10.9 Å². The van der Waals surface area contributed by atoms with Crippen LogP contribution in [-0.4, -0.2) is 41.1 Å². The molecule has 0 unspecified atom stereocenters. The van der Waals surface area contributed by atoms with Gasteiger partial charge in [0, 0.05) is 18.7 Å². The second-order valence-electron chi connectivity index (χ2n) is 5.14. The van der Waals surface area contributed by atoms with Gasteiger partial charge in [0.2, 0.25) is 0 Å². The molecule has 144 valence electrons. The van der Waals surface area contributed by atoms with E-state index in [0.29, 0.717) is 5.16 Å². The molecule has 2 N–H and O–H groups in total. The normalized spacial score (nSPS) is 11.1. The molecule has 0 aliphatic rings. The molecule has 0 aliphatic heterocycles. The largest absolute Gasteiger partial charge is 0.416 e. The third-order valence-corrected chi connectivity index (χ3v) is 4.13. The van der Waals surface area contributed by atoms with Gasteiger partial charge in [0.1, 0.15) is 0 Å². The molecule has 0 saturated heterocycles. The van der Waals surface area contributed by atoms with Crippen molar-refractivity contribution in [2.75, 3.05) is 19.3 Å². The highest BCUT2D eigenvalue weighted by atomic mass is 35.5. The minimum atomic E-state index is -4.46. The monoisotopic (exact) mass is 418 g/mol. The summed E-state index contributed by atoms with van der Waals surface area (Å²) in [5, 5.41) is 5.52. The maximum atomic E-state index is 12.5. The van der Waals surface area contributed by atoms with E-state index in [1.165, 1.54) is 18.0 Å². The second-order valence-corrected chi connectivity index (χ2v) is 6.32. The number of amides is 2. The molecule has 1 aromatic carbocycles. The summed E-state index contributed by atoms with van der Waals surface area (Å²) in [5.41, 5.74) is -0.736. The number of nitrogens with zero attached hydrogens (tertiary/aromatic N) is 2. The molecule has 0 radical (unpaired) electrons. The number of rotatable bonds is 6. The zero-order valence-electron chi connectivity index (χ0n) is 13.9. The van der Waals surface area contributed by atoms with E-state index in [9.17, 15) is 22.8 Å². The lowest BCUT2D eigenvalue weighted by atomic mass is 10.1. The Morgan fingerprint density at radius 1 is 1.11 bits per heavy atom. The van der Waals surface area contributed by atoms with Gasteiger partial charge in [-0.3, -0.25) is 9.59 Å². The van der Waals surface area contributed by atoms with Crippen molar-refractivity contribution < 1.29 is 22.8 Å². The highest BCUT2D eigenvalue weighted by Gasteiger charge is 2.30. The van der Waals surface area contributed by atoms with Crippen LogP contribution in [-0.2, 0) is 6.18 Å². The molecule has 0 bridgehead atoms. The Kier molecular flexibility index (Phi) is 7.03. The van der Waals surface area contributed by atoms with E-state index in [2.05, 4.69) is 20.6 Å². The van der Waals surface area contributed by atoms with Crippen LogP contribution in [0.3, 0.4) is 0 Å². The summed E-state index contributed by atoms with van der Waals surface area (Å²) in [6.07, 6.45) is -1.39. The van der Waals surface area contributed by atoms with Crippen molar-refractivity contribution in [1.29, 1.82) is 0 Å².